The molecule has 18 heavy (non-hydrogen) atoms. The number of sulfonamides is 1. The Labute approximate surface area is 119 Å². The molecule has 102 valence electrons. The van der Waals surface area contributed by atoms with Gasteiger partial charge in [0.1, 0.15) is 4.21 Å². The van der Waals surface area contributed by atoms with Crippen molar-refractivity contribution in [2.45, 2.75) is 10.3 Å². The van der Waals surface area contributed by atoms with Crippen LogP contribution in [0.25, 0.3) is 0 Å². The van der Waals surface area contributed by atoms with Gasteiger partial charge < -0.3 is 10.1 Å². The van der Waals surface area contributed by atoms with Crippen LogP contribution in [0.1, 0.15) is 0 Å². The Kier molecular flexibility index (Phi) is 4.79. The summed E-state index contributed by atoms with van der Waals surface area (Å²) >= 11 is 4.51. The largest absolute Gasteiger partial charge is 0.374 e. The van der Waals surface area contributed by atoms with Gasteiger partial charge in [0.25, 0.3) is 10.0 Å². The van der Waals surface area contributed by atoms with E-state index in [0.717, 1.165) is 0 Å². The van der Waals surface area contributed by atoms with E-state index in [2.05, 4.69) is 21.2 Å². The van der Waals surface area contributed by atoms with Gasteiger partial charge in [-0.15, -0.1) is 11.3 Å². The number of morpholine rings is 1. The number of nitrogens with one attached hydrogen (secondary N) is 1. The molecule has 1 saturated heterocycles. The van der Waals surface area contributed by atoms with Crippen molar-refractivity contribution >= 4 is 37.3 Å². The first-order valence-electron chi connectivity index (χ1n) is 5.55. The van der Waals surface area contributed by atoms with Crippen molar-refractivity contribution < 1.29 is 13.2 Å². The molecule has 1 aliphatic heterocycles. The van der Waals surface area contributed by atoms with E-state index < -0.39 is 10.0 Å². The first kappa shape index (κ1) is 14.4. The van der Waals surface area contributed by atoms with E-state index in [0.29, 0.717) is 34.9 Å². The maximum atomic E-state index is 12.4. The molecular formula is C10H15BrN2O3S2. The number of halogens is 1. The van der Waals surface area contributed by atoms with Crippen LogP contribution in [0.4, 0.5) is 0 Å². The molecule has 1 unspecified atom stereocenters. The van der Waals surface area contributed by atoms with E-state index in [4.69, 9.17) is 4.74 Å². The summed E-state index contributed by atoms with van der Waals surface area (Å²) in [5, 5.41) is 4.77. The highest BCUT2D eigenvalue weighted by molar-refractivity contribution is 9.10. The van der Waals surface area contributed by atoms with Crippen LogP contribution in [0.3, 0.4) is 0 Å². The molecule has 1 N–H and O–H groups in total. The molecule has 0 amide bonds. The summed E-state index contributed by atoms with van der Waals surface area (Å²) in [7, 11) is -1.58. The predicted molar refractivity (Wildman–Crippen MR) is 74.4 cm³/mol. The Balaban J connectivity index is 2.18. The van der Waals surface area contributed by atoms with Crippen molar-refractivity contribution in [3.63, 3.8) is 0 Å². The molecule has 8 heteroatoms. The highest BCUT2D eigenvalue weighted by Crippen LogP contribution is 2.30. The third-order valence-corrected chi connectivity index (χ3v) is 7.20. The third kappa shape index (κ3) is 2.94. The summed E-state index contributed by atoms with van der Waals surface area (Å²) in [6.45, 7) is 1.90. The van der Waals surface area contributed by atoms with Crippen molar-refractivity contribution in [1.29, 1.82) is 0 Å². The smallest absolute Gasteiger partial charge is 0.253 e. The monoisotopic (exact) mass is 354 g/mol. The summed E-state index contributed by atoms with van der Waals surface area (Å²) in [5.41, 5.74) is 0. The summed E-state index contributed by atoms with van der Waals surface area (Å²) in [4.78, 5) is 0. The molecule has 0 bridgehead atoms. The number of hydrogen-bond acceptors (Lipinski definition) is 5. The van der Waals surface area contributed by atoms with Gasteiger partial charge >= 0.3 is 0 Å². The molecule has 0 saturated carbocycles. The molecule has 0 spiro atoms. The summed E-state index contributed by atoms with van der Waals surface area (Å²) < 4.78 is 32.9. The Morgan fingerprint density at radius 3 is 3.06 bits per heavy atom. The summed E-state index contributed by atoms with van der Waals surface area (Å²) in [6.07, 6.45) is -0.0859. The standard InChI is InChI=1S/C10H15BrN2O3S2/c1-12-6-8-7-13(3-4-16-8)18(14,15)10-9(11)2-5-17-10/h2,5,8,12H,3-4,6-7H2,1H3. The number of thiophene rings is 1. The first-order chi connectivity index (χ1) is 8.55. The van der Waals surface area contributed by atoms with Crippen molar-refractivity contribution in [1.82, 2.24) is 9.62 Å². The lowest BCUT2D eigenvalue weighted by atomic mass is 10.3. The van der Waals surface area contributed by atoms with Crippen LogP contribution >= 0.6 is 27.3 Å². The predicted octanol–water partition coefficient (Wildman–Crippen LogP) is 1.12. The lowest BCUT2D eigenvalue weighted by Crippen LogP contribution is -2.48. The van der Waals surface area contributed by atoms with Gasteiger partial charge in [-0.3, -0.25) is 0 Å². The fourth-order valence-corrected chi connectivity index (χ4v) is 5.75. The number of ether oxygens (including phenoxy) is 1. The Morgan fingerprint density at radius 1 is 1.67 bits per heavy atom. The highest BCUT2D eigenvalue weighted by Gasteiger charge is 2.32. The van der Waals surface area contributed by atoms with Crippen molar-refractivity contribution in [2.24, 2.45) is 0 Å². The Bertz CT molecular complexity index is 501. The van der Waals surface area contributed by atoms with E-state index in [1.54, 1.807) is 11.4 Å². The fraction of sp³-hybridized carbons (Fsp3) is 0.600. The van der Waals surface area contributed by atoms with E-state index >= 15 is 0 Å². The quantitative estimate of drug-likeness (QED) is 0.880. The zero-order chi connectivity index (χ0) is 13.2. The average Bonchev–Trinajstić information content (AvgIpc) is 2.77. The number of likely N-dealkylation sites (N-methyl/N-ethyl adjacent to an activating group) is 1. The molecule has 0 radical (unpaired) electrons. The average molecular weight is 355 g/mol. The molecule has 1 atom stereocenters. The lowest BCUT2D eigenvalue weighted by molar-refractivity contribution is 0.000870. The minimum absolute atomic E-state index is 0.0859. The SMILES string of the molecule is CNCC1CN(S(=O)(=O)c2sccc2Br)CCO1. The molecule has 5 nitrogen and oxygen atoms in total. The van der Waals surface area contributed by atoms with E-state index in [-0.39, 0.29) is 6.10 Å². The first-order valence-corrected chi connectivity index (χ1v) is 8.66. The fourth-order valence-electron chi connectivity index (χ4n) is 1.84. The maximum Gasteiger partial charge on any atom is 0.253 e. The summed E-state index contributed by atoms with van der Waals surface area (Å²) in [6, 6.07) is 1.75. The molecule has 0 aliphatic carbocycles. The molecular weight excluding hydrogens is 340 g/mol. The molecule has 2 rings (SSSR count). The van der Waals surface area contributed by atoms with Crippen LogP contribution in [0.5, 0.6) is 0 Å². The van der Waals surface area contributed by atoms with E-state index in [9.17, 15) is 8.42 Å². The van der Waals surface area contributed by atoms with E-state index in [1.807, 2.05) is 7.05 Å². The normalized spacial score (nSPS) is 22.2. The number of nitrogens with zero attached hydrogens (tertiary/aromatic N) is 1. The highest BCUT2D eigenvalue weighted by atomic mass is 79.9. The van der Waals surface area contributed by atoms with Gasteiger partial charge in [-0.2, -0.15) is 4.31 Å². The number of hydrogen-bond donors (Lipinski definition) is 1. The molecule has 0 aromatic carbocycles. The van der Waals surface area contributed by atoms with Crippen LogP contribution in [0.2, 0.25) is 0 Å². The molecule has 1 aromatic rings. The van der Waals surface area contributed by atoms with Crippen LogP contribution in [0.15, 0.2) is 20.1 Å². The van der Waals surface area contributed by atoms with Crippen LogP contribution in [0, 0.1) is 0 Å². The van der Waals surface area contributed by atoms with Crippen LogP contribution < -0.4 is 5.32 Å². The second-order valence-electron chi connectivity index (χ2n) is 3.97. The topological polar surface area (TPSA) is 58.6 Å². The van der Waals surface area contributed by atoms with Crippen LogP contribution in [-0.4, -0.2) is 52.1 Å². The van der Waals surface area contributed by atoms with Crippen LogP contribution in [-0.2, 0) is 14.8 Å². The molecule has 1 fully saturated rings. The second-order valence-corrected chi connectivity index (χ2v) is 7.87. The zero-order valence-corrected chi connectivity index (χ0v) is 13.1. The lowest BCUT2D eigenvalue weighted by Gasteiger charge is -2.31. The van der Waals surface area contributed by atoms with Gasteiger partial charge in [-0.25, -0.2) is 8.42 Å². The Morgan fingerprint density at radius 2 is 2.44 bits per heavy atom. The van der Waals surface area contributed by atoms with Crippen molar-refractivity contribution in [2.75, 3.05) is 33.3 Å². The molecule has 1 aliphatic rings. The van der Waals surface area contributed by atoms with Crippen molar-refractivity contribution in [3.8, 4) is 0 Å². The van der Waals surface area contributed by atoms with E-state index in [1.165, 1.54) is 15.6 Å². The minimum Gasteiger partial charge on any atom is -0.374 e. The minimum atomic E-state index is -3.40. The zero-order valence-electron chi connectivity index (χ0n) is 9.93. The van der Waals surface area contributed by atoms with Gasteiger partial charge in [-0.05, 0) is 34.4 Å². The van der Waals surface area contributed by atoms with Crippen molar-refractivity contribution in [3.05, 3.63) is 15.9 Å². The van der Waals surface area contributed by atoms with Gasteiger partial charge in [0.05, 0.1) is 12.7 Å². The maximum absolute atomic E-state index is 12.4. The molecule has 2 heterocycles. The Hall–Kier alpha value is 0.01000. The van der Waals surface area contributed by atoms with Gasteiger partial charge in [0, 0.05) is 24.1 Å². The van der Waals surface area contributed by atoms with Gasteiger partial charge in [0.2, 0.25) is 0 Å². The van der Waals surface area contributed by atoms with Gasteiger partial charge in [0.15, 0.2) is 0 Å². The number of rotatable bonds is 4. The third-order valence-electron chi connectivity index (χ3n) is 2.69. The van der Waals surface area contributed by atoms with Gasteiger partial charge in [-0.1, -0.05) is 0 Å². The molecule has 1 aromatic heterocycles. The summed E-state index contributed by atoms with van der Waals surface area (Å²) in [5.74, 6) is 0. The second kappa shape index (κ2) is 5.98.